The van der Waals surface area contributed by atoms with Gasteiger partial charge in [-0.1, -0.05) is 49.1 Å². The van der Waals surface area contributed by atoms with Crippen LogP contribution in [0.3, 0.4) is 0 Å². The van der Waals surface area contributed by atoms with E-state index < -0.39 is 5.91 Å². The zero-order chi connectivity index (χ0) is 20.7. The van der Waals surface area contributed by atoms with Crippen LogP contribution in [0.4, 0.5) is 0 Å². The number of halogens is 2. The van der Waals surface area contributed by atoms with Gasteiger partial charge in [0.25, 0.3) is 5.91 Å². The Morgan fingerprint density at radius 1 is 1.39 bits per heavy atom. The van der Waals surface area contributed by atoms with E-state index in [9.17, 15) is 9.90 Å². The standard InChI is InChI=1S/C17H20Cl2N6O3/c1-17(2,3)14(7-25-10-20-9-22-25)24-28-8-15(26)23-21-6-11-4-12(18)5-13(19)16(11)27/h4-6,9-10,27H,7-8H2,1-3H3,(H,23,26)/b21-6+,24-14+. The number of oxime groups is 1. The molecule has 0 unspecified atom stereocenters. The number of aromatic nitrogens is 3. The molecule has 0 aliphatic carbocycles. The molecule has 150 valence electrons. The molecule has 0 bridgehead atoms. The van der Waals surface area contributed by atoms with Crippen LogP contribution >= 0.6 is 23.2 Å². The van der Waals surface area contributed by atoms with Crippen LogP contribution in [0.5, 0.6) is 5.75 Å². The lowest BCUT2D eigenvalue weighted by Crippen LogP contribution is -2.27. The van der Waals surface area contributed by atoms with Crippen LogP contribution in [-0.4, -0.2) is 44.3 Å². The molecule has 0 saturated heterocycles. The molecule has 1 heterocycles. The summed E-state index contributed by atoms with van der Waals surface area (Å²) in [6.07, 6.45) is 4.22. The molecule has 0 fully saturated rings. The molecule has 11 heteroatoms. The quantitative estimate of drug-likeness (QED) is 0.521. The van der Waals surface area contributed by atoms with E-state index >= 15 is 0 Å². The zero-order valence-electron chi connectivity index (χ0n) is 15.6. The Bertz CT molecular complexity index is 876. The van der Waals surface area contributed by atoms with Crippen LogP contribution in [0.15, 0.2) is 35.0 Å². The lowest BCUT2D eigenvalue weighted by atomic mass is 9.90. The maximum absolute atomic E-state index is 11.8. The van der Waals surface area contributed by atoms with Crippen LogP contribution in [0, 0.1) is 5.41 Å². The number of amides is 1. The smallest absolute Gasteiger partial charge is 0.280 e. The minimum Gasteiger partial charge on any atom is -0.506 e. The summed E-state index contributed by atoms with van der Waals surface area (Å²) in [7, 11) is 0. The summed E-state index contributed by atoms with van der Waals surface area (Å²) in [6.45, 7) is 5.96. The molecule has 1 amide bonds. The normalized spacial score (nSPS) is 12.4. The van der Waals surface area contributed by atoms with Crippen molar-refractivity contribution in [2.24, 2.45) is 15.7 Å². The number of rotatable bonds is 7. The number of hydrogen-bond acceptors (Lipinski definition) is 7. The number of phenolic OH excluding ortho intramolecular Hbond substituents is 1. The Hall–Kier alpha value is -2.65. The molecule has 0 saturated carbocycles. The first-order valence-electron chi connectivity index (χ1n) is 8.18. The predicted molar refractivity (Wildman–Crippen MR) is 107 cm³/mol. The summed E-state index contributed by atoms with van der Waals surface area (Å²) in [5.41, 5.74) is 2.93. The van der Waals surface area contributed by atoms with E-state index in [1.807, 2.05) is 20.8 Å². The molecule has 28 heavy (non-hydrogen) atoms. The molecule has 0 aliphatic heterocycles. The van der Waals surface area contributed by atoms with Gasteiger partial charge in [0.15, 0.2) is 6.61 Å². The van der Waals surface area contributed by atoms with Crippen LogP contribution in [0.25, 0.3) is 0 Å². The highest BCUT2D eigenvalue weighted by molar-refractivity contribution is 6.36. The second-order valence-electron chi connectivity index (χ2n) is 6.77. The molecule has 2 N–H and O–H groups in total. The lowest BCUT2D eigenvalue weighted by Gasteiger charge is -2.20. The Kier molecular flexibility index (Phi) is 7.36. The Labute approximate surface area is 172 Å². The molecule has 1 aromatic carbocycles. The summed E-state index contributed by atoms with van der Waals surface area (Å²) >= 11 is 11.7. The minimum atomic E-state index is -0.526. The van der Waals surface area contributed by atoms with Crippen molar-refractivity contribution >= 4 is 41.0 Å². The van der Waals surface area contributed by atoms with Gasteiger partial charge in [-0.15, -0.1) is 0 Å². The van der Waals surface area contributed by atoms with Crippen molar-refractivity contribution in [1.82, 2.24) is 20.2 Å². The van der Waals surface area contributed by atoms with E-state index in [1.165, 1.54) is 24.7 Å². The molecule has 2 rings (SSSR count). The van der Waals surface area contributed by atoms with Gasteiger partial charge >= 0.3 is 0 Å². The fourth-order valence-corrected chi connectivity index (χ4v) is 2.44. The van der Waals surface area contributed by atoms with E-state index in [0.717, 1.165) is 0 Å². The first-order chi connectivity index (χ1) is 13.2. The average molecular weight is 427 g/mol. The number of carbonyl (C=O) groups excluding carboxylic acids is 1. The summed E-state index contributed by atoms with van der Waals surface area (Å²) in [5.74, 6) is -0.713. The molecule has 0 spiro atoms. The number of phenols is 1. The van der Waals surface area contributed by atoms with Crippen molar-refractivity contribution in [3.8, 4) is 5.75 Å². The van der Waals surface area contributed by atoms with Crippen LogP contribution in [-0.2, 0) is 16.2 Å². The molecule has 0 atom stereocenters. The lowest BCUT2D eigenvalue weighted by molar-refractivity contribution is -0.125. The van der Waals surface area contributed by atoms with Crippen molar-refractivity contribution in [1.29, 1.82) is 0 Å². The Morgan fingerprint density at radius 3 is 2.79 bits per heavy atom. The maximum Gasteiger partial charge on any atom is 0.280 e. The number of nitrogens with one attached hydrogen (secondary N) is 1. The average Bonchev–Trinajstić information content (AvgIpc) is 3.10. The van der Waals surface area contributed by atoms with Gasteiger partial charge in [-0.3, -0.25) is 4.79 Å². The molecule has 0 aliphatic rings. The Balaban J connectivity index is 1.91. The SMILES string of the molecule is CC(C)(C)/C(Cn1cncn1)=N/OCC(=O)N/N=C/c1cc(Cl)cc(Cl)c1O. The number of hydrogen-bond donors (Lipinski definition) is 2. The number of benzene rings is 1. The zero-order valence-corrected chi connectivity index (χ0v) is 17.1. The first-order valence-corrected chi connectivity index (χ1v) is 8.94. The third-order valence-corrected chi connectivity index (χ3v) is 3.97. The van der Waals surface area contributed by atoms with Gasteiger partial charge in [0, 0.05) is 16.0 Å². The molecule has 0 radical (unpaired) electrons. The van der Waals surface area contributed by atoms with E-state index in [4.69, 9.17) is 28.0 Å². The van der Waals surface area contributed by atoms with Crippen molar-refractivity contribution in [3.63, 3.8) is 0 Å². The first kappa shape index (κ1) is 21.6. The highest BCUT2D eigenvalue weighted by Crippen LogP contribution is 2.29. The third-order valence-electron chi connectivity index (χ3n) is 3.47. The second kappa shape index (κ2) is 9.52. The summed E-state index contributed by atoms with van der Waals surface area (Å²) < 4.78 is 1.61. The van der Waals surface area contributed by atoms with Gasteiger partial charge in [-0.2, -0.15) is 10.2 Å². The van der Waals surface area contributed by atoms with Gasteiger partial charge in [0.1, 0.15) is 18.4 Å². The van der Waals surface area contributed by atoms with E-state index in [2.05, 4.69) is 25.8 Å². The fourth-order valence-electron chi connectivity index (χ4n) is 1.93. The molecule has 9 nitrogen and oxygen atoms in total. The van der Waals surface area contributed by atoms with Gasteiger partial charge in [-0.25, -0.2) is 15.1 Å². The number of nitrogens with zero attached hydrogens (tertiary/aromatic N) is 5. The molecule has 2 aromatic rings. The third kappa shape index (κ3) is 6.50. The van der Waals surface area contributed by atoms with Crippen LogP contribution < -0.4 is 5.43 Å². The summed E-state index contributed by atoms with van der Waals surface area (Å²) in [5, 5.41) is 22.1. The van der Waals surface area contributed by atoms with Crippen molar-refractivity contribution < 1.29 is 14.7 Å². The van der Waals surface area contributed by atoms with Gasteiger partial charge in [0.2, 0.25) is 0 Å². The predicted octanol–water partition coefficient (Wildman–Crippen LogP) is 2.86. The highest BCUT2D eigenvalue weighted by atomic mass is 35.5. The van der Waals surface area contributed by atoms with Crippen LogP contribution in [0.1, 0.15) is 26.3 Å². The van der Waals surface area contributed by atoms with E-state index in [-0.39, 0.29) is 28.4 Å². The van der Waals surface area contributed by atoms with E-state index in [0.29, 0.717) is 17.3 Å². The summed E-state index contributed by atoms with van der Waals surface area (Å²) in [6, 6.07) is 2.85. The molecular weight excluding hydrogens is 407 g/mol. The van der Waals surface area contributed by atoms with Gasteiger partial charge in [-0.05, 0) is 12.1 Å². The maximum atomic E-state index is 11.8. The number of hydrazone groups is 1. The number of carbonyl (C=O) groups is 1. The van der Waals surface area contributed by atoms with Gasteiger partial charge in [0.05, 0.1) is 23.5 Å². The molecular formula is C17H20Cl2N6O3. The minimum absolute atomic E-state index is 0.0834. The Morgan fingerprint density at radius 2 is 2.14 bits per heavy atom. The van der Waals surface area contributed by atoms with E-state index in [1.54, 1.807) is 11.0 Å². The molecule has 1 aromatic heterocycles. The van der Waals surface area contributed by atoms with Crippen molar-refractivity contribution in [2.75, 3.05) is 6.61 Å². The highest BCUT2D eigenvalue weighted by Gasteiger charge is 2.21. The van der Waals surface area contributed by atoms with Crippen LogP contribution in [0.2, 0.25) is 10.0 Å². The second-order valence-corrected chi connectivity index (χ2v) is 7.62. The number of aromatic hydroxyl groups is 1. The summed E-state index contributed by atoms with van der Waals surface area (Å²) in [4.78, 5) is 20.9. The fraction of sp³-hybridized carbons (Fsp3) is 0.353. The van der Waals surface area contributed by atoms with Crippen molar-refractivity contribution in [2.45, 2.75) is 27.3 Å². The largest absolute Gasteiger partial charge is 0.506 e. The van der Waals surface area contributed by atoms with Gasteiger partial charge < -0.3 is 9.94 Å². The van der Waals surface area contributed by atoms with Crippen molar-refractivity contribution in [3.05, 3.63) is 40.4 Å². The monoisotopic (exact) mass is 426 g/mol. The topological polar surface area (TPSA) is 114 Å².